The van der Waals surface area contributed by atoms with Crippen molar-refractivity contribution in [2.45, 2.75) is 20.3 Å². The molecule has 0 radical (unpaired) electrons. The third-order valence-corrected chi connectivity index (χ3v) is 3.05. The molecule has 4 nitrogen and oxygen atoms in total. The minimum absolute atomic E-state index is 0.532. The summed E-state index contributed by atoms with van der Waals surface area (Å²) in [5.74, 6) is 1.25. The molecule has 1 aromatic heterocycles. The van der Waals surface area contributed by atoms with E-state index < -0.39 is 0 Å². The topological polar surface area (TPSA) is 64.1 Å². The Bertz CT molecular complexity index is 507. The number of nitrogens with one attached hydrogen (secondary N) is 1. The molecule has 1 atom stereocenters. The van der Waals surface area contributed by atoms with E-state index in [4.69, 9.17) is 10.2 Å². The van der Waals surface area contributed by atoms with Crippen LogP contribution in [0.2, 0.25) is 0 Å². The first-order chi connectivity index (χ1) is 8.69. The maximum atomic E-state index is 5.57. The molecule has 0 aliphatic heterocycles. The second-order valence-electron chi connectivity index (χ2n) is 4.83. The van der Waals surface area contributed by atoms with E-state index in [1.54, 1.807) is 0 Å². The summed E-state index contributed by atoms with van der Waals surface area (Å²) in [6.45, 7) is 6.69. The number of aryl methyl sites for hydroxylation is 1. The van der Waals surface area contributed by atoms with Crippen molar-refractivity contribution in [3.63, 3.8) is 0 Å². The summed E-state index contributed by atoms with van der Waals surface area (Å²) in [7, 11) is 0. The predicted octanol–water partition coefficient (Wildman–Crippen LogP) is 1.86. The highest BCUT2D eigenvalue weighted by Crippen LogP contribution is 2.16. The Morgan fingerprint density at radius 2 is 2.28 bits per heavy atom. The molecule has 2 rings (SSSR count). The van der Waals surface area contributed by atoms with Crippen LogP contribution in [0, 0.1) is 12.8 Å². The molecular weight excluding hydrogens is 226 g/mol. The molecule has 0 saturated carbocycles. The van der Waals surface area contributed by atoms with E-state index in [1.165, 1.54) is 5.56 Å². The highest BCUT2D eigenvalue weighted by Gasteiger charge is 2.03. The Balaban J connectivity index is 1.87. The third-order valence-electron chi connectivity index (χ3n) is 3.05. The summed E-state index contributed by atoms with van der Waals surface area (Å²) in [5, 5.41) is 3.41. The van der Waals surface area contributed by atoms with Gasteiger partial charge in [-0.15, -0.1) is 0 Å². The SMILES string of the molecule is Cc1nc2ccc(CCNCC(C)CN)cc2o1. The molecule has 1 heterocycles. The Morgan fingerprint density at radius 1 is 1.44 bits per heavy atom. The van der Waals surface area contributed by atoms with Crippen LogP contribution in [-0.2, 0) is 6.42 Å². The fraction of sp³-hybridized carbons (Fsp3) is 0.500. The quantitative estimate of drug-likeness (QED) is 0.765. The summed E-state index contributed by atoms with van der Waals surface area (Å²) < 4.78 is 5.52. The van der Waals surface area contributed by atoms with Crippen molar-refractivity contribution in [1.82, 2.24) is 10.3 Å². The van der Waals surface area contributed by atoms with Crippen LogP contribution in [0.4, 0.5) is 0 Å². The molecule has 1 aromatic carbocycles. The molecular formula is C14H21N3O. The van der Waals surface area contributed by atoms with Gasteiger partial charge in [0.25, 0.3) is 0 Å². The van der Waals surface area contributed by atoms with Crippen molar-refractivity contribution in [2.75, 3.05) is 19.6 Å². The smallest absolute Gasteiger partial charge is 0.192 e. The molecule has 0 fully saturated rings. The lowest BCUT2D eigenvalue weighted by Crippen LogP contribution is -2.27. The van der Waals surface area contributed by atoms with Crippen LogP contribution < -0.4 is 11.1 Å². The van der Waals surface area contributed by atoms with E-state index in [-0.39, 0.29) is 0 Å². The minimum Gasteiger partial charge on any atom is -0.441 e. The van der Waals surface area contributed by atoms with Crippen molar-refractivity contribution in [3.05, 3.63) is 29.7 Å². The lowest BCUT2D eigenvalue weighted by molar-refractivity contribution is 0.524. The van der Waals surface area contributed by atoms with Crippen LogP contribution in [0.5, 0.6) is 0 Å². The number of aromatic nitrogens is 1. The Labute approximate surface area is 108 Å². The molecule has 0 spiro atoms. The minimum atomic E-state index is 0.532. The van der Waals surface area contributed by atoms with Gasteiger partial charge in [-0.05, 0) is 49.7 Å². The first-order valence-electron chi connectivity index (χ1n) is 6.46. The summed E-state index contributed by atoms with van der Waals surface area (Å²) in [4.78, 5) is 4.29. The highest BCUT2D eigenvalue weighted by molar-refractivity contribution is 5.73. The fourth-order valence-electron chi connectivity index (χ4n) is 1.90. The molecule has 3 N–H and O–H groups in total. The second-order valence-corrected chi connectivity index (χ2v) is 4.83. The maximum Gasteiger partial charge on any atom is 0.192 e. The molecule has 0 saturated heterocycles. The number of rotatable bonds is 6. The molecule has 4 heteroatoms. The molecule has 2 aromatic rings. The van der Waals surface area contributed by atoms with Gasteiger partial charge < -0.3 is 15.5 Å². The zero-order valence-corrected chi connectivity index (χ0v) is 11.1. The van der Waals surface area contributed by atoms with Gasteiger partial charge >= 0.3 is 0 Å². The molecule has 18 heavy (non-hydrogen) atoms. The zero-order chi connectivity index (χ0) is 13.0. The Hall–Kier alpha value is -1.39. The van der Waals surface area contributed by atoms with Crippen molar-refractivity contribution in [3.8, 4) is 0 Å². The number of nitrogens with two attached hydrogens (primary N) is 1. The summed E-state index contributed by atoms with van der Waals surface area (Å²) in [6.07, 6.45) is 0.993. The predicted molar refractivity (Wildman–Crippen MR) is 73.5 cm³/mol. The lowest BCUT2D eigenvalue weighted by Gasteiger charge is -2.09. The van der Waals surface area contributed by atoms with Crippen molar-refractivity contribution >= 4 is 11.1 Å². The van der Waals surface area contributed by atoms with Crippen LogP contribution in [0.1, 0.15) is 18.4 Å². The third kappa shape index (κ3) is 3.31. The number of nitrogens with zero attached hydrogens (tertiary/aromatic N) is 1. The summed E-state index contributed by atoms with van der Waals surface area (Å²) >= 11 is 0. The molecule has 0 aliphatic rings. The maximum absolute atomic E-state index is 5.57. The van der Waals surface area contributed by atoms with Gasteiger partial charge in [-0.25, -0.2) is 4.98 Å². The van der Waals surface area contributed by atoms with Crippen LogP contribution in [0.15, 0.2) is 22.6 Å². The monoisotopic (exact) mass is 247 g/mol. The molecule has 0 aliphatic carbocycles. The van der Waals surface area contributed by atoms with Gasteiger partial charge in [-0.1, -0.05) is 13.0 Å². The van der Waals surface area contributed by atoms with Crippen LogP contribution >= 0.6 is 0 Å². The largest absolute Gasteiger partial charge is 0.441 e. The van der Waals surface area contributed by atoms with Crippen molar-refractivity contribution in [2.24, 2.45) is 11.7 Å². The summed E-state index contributed by atoms with van der Waals surface area (Å²) in [5.41, 5.74) is 8.65. The van der Waals surface area contributed by atoms with Gasteiger partial charge in [0, 0.05) is 6.92 Å². The van der Waals surface area contributed by atoms with Gasteiger partial charge in [0.15, 0.2) is 11.5 Å². The summed E-state index contributed by atoms with van der Waals surface area (Å²) in [6, 6.07) is 6.20. The number of benzene rings is 1. The van der Waals surface area contributed by atoms with Crippen molar-refractivity contribution < 1.29 is 4.42 Å². The van der Waals surface area contributed by atoms with E-state index >= 15 is 0 Å². The first kappa shape index (κ1) is 13.1. The number of fused-ring (bicyclic) bond motifs is 1. The highest BCUT2D eigenvalue weighted by atomic mass is 16.3. The van der Waals surface area contributed by atoms with Crippen LogP contribution in [-0.4, -0.2) is 24.6 Å². The Morgan fingerprint density at radius 3 is 3.06 bits per heavy atom. The van der Waals surface area contributed by atoms with Gasteiger partial charge in [0.05, 0.1) is 0 Å². The van der Waals surface area contributed by atoms with E-state index in [0.717, 1.165) is 43.0 Å². The number of hydrogen-bond acceptors (Lipinski definition) is 4. The lowest BCUT2D eigenvalue weighted by atomic mass is 10.1. The van der Waals surface area contributed by atoms with Crippen molar-refractivity contribution in [1.29, 1.82) is 0 Å². The number of oxazole rings is 1. The standard InChI is InChI=1S/C14H21N3O/c1-10(8-15)9-16-6-5-12-3-4-13-14(7-12)18-11(2)17-13/h3-4,7,10,16H,5-6,8-9,15H2,1-2H3. The van der Waals surface area contributed by atoms with Crippen LogP contribution in [0.3, 0.4) is 0 Å². The van der Waals surface area contributed by atoms with E-state index in [1.807, 2.05) is 13.0 Å². The normalized spacial score (nSPS) is 13.1. The van der Waals surface area contributed by atoms with E-state index in [2.05, 4.69) is 29.4 Å². The number of hydrogen-bond donors (Lipinski definition) is 2. The molecule has 0 bridgehead atoms. The first-order valence-corrected chi connectivity index (χ1v) is 6.46. The van der Waals surface area contributed by atoms with E-state index in [0.29, 0.717) is 5.92 Å². The second kappa shape index (κ2) is 5.98. The van der Waals surface area contributed by atoms with E-state index in [9.17, 15) is 0 Å². The fourth-order valence-corrected chi connectivity index (χ4v) is 1.90. The Kier molecular flexibility index (Phi) is 4.33. The average Bonchev–Trinajstić information content (AvgIpc) is 2.73. The molecule has 0 amide bonds. The van der Waals surface area contributed by atoms with Crippen LogP contribution in [0.25, 0.3) is 11.1 Å². The van der Waals surface area contributed by atoms with Gasteiger partial charge in [-0.3, -0.25) is 0 Å². The van der Waals surface area contributed by atoms with Gasteiger partial charge in [0.2, 0.25) is 0 Å². The molecule has 1 unspecified atom stereocenters. The van der Waals surface area contributed by atoms with Gasteiger partial charge in [-0.2, -0.15) is 0 Å². The average molecular weight is 247 g/mol. The van der Waals surface area contributed by atoms with Gasteiger partial charge in [0.1, 0.15) is 5.52 Å². The zero-order valence-electron chi connectivity index (χ0n) is 11.1. The molecule has 98 valence electrons.